The summed E-state index contributed by atoms with van der Waals surface area (Å²) >= 11 is 12.1. The molecule has 108 valence electrons. The number of methoxy groups -OCH3 is 2. The number of hydrogen-bond acceptors (Lipinski definition) is 5. The van der Waals surface area contributed by atoms with Crippen molar-refractivity contribution in [3.8, 4) is 0 Å². The molecule has 0 saturated carbocycles. The van der Waals surface area contributed by atoms with Gasteiger partial charge in [0.1, 0.15) is 6.04 Å². The van der Waals surface area contributed by atoms with Crippen LogP contribution in [0.1, 0.15) is 17.9 Å². The summed E-state index contributed by atoms with van der Waals surface area (Å²) in [6.07, 6.45) is 0.216. The average Bonchev–Trinajstić information content (AvgIpc) is 2.43. The lowest BCUT2D eigenvalue weighted by atomic mass is 9.87. The fourth-order valence-electron chi connectivity index (χ4n) is 2.31. The average molecular weight is 318 g/mol. The van der Waals surface area contributed by atoms with Gasteiger partial charge in [-0.1, -0.05) is 23.2 Å². The molecule has 0 amide bonds. The highest BCUT2D eigenvalue weighted by Crippen LogP contribution is 2.41. The van der Waals surface area contributed by atoms with E-state index in [0.717, 1.165) is 0 Å². The van der Waals surface area contributed by atoms with Crippen molar-refractivity contribution in [2.24, 2.45) is 0 Å². The number of hydrogen-bond donors (Lipinski definition) is 1. The molecule has 0 aromatic heterocycles. The maximum atomic E-state index is 11.9. The molecule has 20 heavy (non-hydrogen) atoms. The number of ether oxygens (including phenoxy) is 2. The molecule has 2 rings (SSSR count). The first-order chi connectivity index (χ1) is 9.47. The highest BCUT2D eigenvalue weighted by atomic mass is 35.5. The second-order valence-electron chi connectivity index (χ2n) is 4.38. The lowest BCUT2D eigenvalue weighted by molar-refractivity contribution is -0.144. The van der Waals surface area contributed by atoms with Gasteiger partial charge in [-0.15, -0.1) is 0 Å². The fraction of sp³-hybridized carbons (Fsp3) is 0.385. The summed E-state index contributed by atoms with van der Waals surface area (Å²) in [4.78, 5) is 23.6. The smallest absolute Gasteiger partial charge is 0.328 e. The summed E-state index contributed by atoms with van der Waals surface area (Å²) in [7, 11) is 2.58. The van der Waals surface area contributed by atoms with Gasteiger partial charge in [-0.3, -0.25) is 4.79 Å². The number of carbonyl (C=O) groups is 2. The lowest BCUT2D eigenvalue weighted by Crippen LogP contribution is -2.38. The van der Waals surface area contributed by atoms with Crippen LogP contribution >= 0.6 is 23.2 Å². The lowest BCUT2D eigenvalue weighted by Gasteiger charge is -2.31. The molecule has 0 unspecified atom stereocenters. The van der Waals surface area contributed by atoms with Crippen molar-refractivity contribution in [3.05, 3.63) is 27.7 Å². The van der Waals surface area contributed by atoms with E-state index in [0.29, 0.717) is 21.3 Å². The first-order valence-electron chi connectivity index (χ1n) is 5.89. The van der Waals surface area contributed by atoms with E-state index in [2.05, 4.69) is 5.32 Å². The van der Waals surface area contributed by atoms with Crippen molar-refractivity contribution in [2.75, 3.05) is 19.5 Å². The second kappa shape index (κ2) is 5.89. The Morgan fingerprint density at radius 1 is 1.20 bits per heavy atom. The molecule has 0 aliphatic carbocycles. The molecular weight excluding hydrogens is 305 g/mol. The normalized spacial score (nSPS) is 20.6. The number of anilines is 1. The Labute approximate surface area is 126 Å². The van der Waals surface area contributed by atoms with Crippen molar-refractivity contribution >= 4 is 40.8 Å². The predicted octanol–water partition coefficient (Wildman–Crippen LogP) is 2.61. The van der Waals surface area contributed by atoms with Crippen LogP contribution in [0.2, 0.25) is 10.0 Å². The van der Waals surface area contributed by atoms with Gasteiger partial charge in [0, 0.05) is 21.3 Å². The number of carbonyl (C=O) groups excluding carboxylic acids is 2. The van der Waals surface area contributed by atoms with Crippen molar-refractivity contribution in [2.45, 2.75) is 18.4 Å². The molecule has 1 aromatic carbocycles. The topological polar surface area (TPSA) is 64.6 Å². The molecule has 0 bridgehead atoms. The maximum absolute atomic E-state index is 11.9. The zero-order valence-electron chi connectivity index (χ0n) is 10.9. The first kappa shape index (κ1) is 14.9. The molecule has 1 aliphatic heterocycles. The molecule has 5 nitrogen and oxygen atoms in total. The first-order valence-corrected chi connectivity index (χ1v) is 6.64. The van der Waals surface area contributed by atoms with Gasteiger partial charge in [-0.2, -0.15) is 0 Å². The molecular formula is C13H13Cl2NO4. The quantitative estimate of drug-likeness (QED) is 0.849. The predicted molar refractivity (Wildman–Crippen MR) is 75.3 cm³/mol. The van der Waals surface area contributed by atoms with Crippen LogP contribution in [0.15, 0.2) is 12.1 Å². The van der Waals surface area contributed by atoms with Gasteiger partial charge >= 0.3 is 11.9 Å². The van der Waals surface area contributed by atoms with Crippen LogP contribution in [0.25, 0.3) is 0 Å². The molecule has 1 heterocycles. The summed E-state index contributed by atoms with van der Waals surface area (Å²) in [6.45, 7) is 0. The molecule has 7 heteroatoms. The minimum absolute atomic E-state index is 0.216. The van der Waals surface area contributed by atoms with E-state index in [9.17, 15) is 9.59 Å². The number of halogens is 2. The van der Waals surface area contributed by atoms with Crippen molar-refractivity contribution in [1.29, 1.82) is 0 Å². The van der Waals surface area contributed by atoms with Crippen LogP contribution in [0.5, 0.6) is 0 Å². The zero-order valence-corrected chi connectivity index (χ0v) is 12.4. The molecule has 1 aliphatic rings. The van der Waals surface area contributed by atoms with E-state index in [-0.39, 0.29) is 6.42 Å². The zero-order chi connectivity index (χ0) is 14.9. The summed E-state index contributed by atoms with van der Waals surface area (Å²) < 4.78 is 9.49. The van der Waals surface area contributed by atoms with Crippen molar-refractivity contribution in [1.82, 2.24) is 0 Å². The molecule has 0 radical (unpaired) electrons. The van der Waals surface area contributed by atoms with Gasteiger partial charge in [-0.25, -0.2) is 4.79 Å². The largest absolute Gasteiger partial charge is 0.469 e. The van der Waals surface area contributed by atoms with E-state index >= 15 is 0 Å². The number of esters is 2. The Balaban J connectivity index is 2.49. The van der Waals surface area contributed by atoms with Crippen LogP contribution in [0.4, 0.5) is 5.69 Å². The van der Waals surface area contributed by atoms with Gasteiger partial charge in [0.25, 0.3) is 0 Å². The third-order valence-corrected chi connectivity index (χ3v) is 3.75. The molecule has 2 atom stereocenters. The minimum atomic E-state index is -0.647. The van der Waals surface area contributed by atoms with Crippen LogP contribution in [0, 0.1) is 0 Å². The van der Waals surface area contributed by atoms with E-state index in [4.69, 9.17) is 32.7 Å². The summed E-state index contributed by atoms with van der Waals surface area (Å²) in [5.41, 5.74) is 1.13. The van der Waals surface area contributed by atoms with E-state index in [1.54, 1.807) is 12.1 Å². The van der Waals surface area contributed by atoms with E-state index in [1.165, 1.54) is 14.2 Å². The number of nitrogens with one attached hydrogen (secondary N) is 1. The second-order valence-corrected chi connectivity index (χ2v) is 5.22. The van der Waals surface area contributed by atoms with Gasteiger partial charge in [0.05, 0.1) is 20.1 Å². The van der Waals surface area contributed by atoms with Gasteiger partial charge < -0.3 is 14.8 Å². The Kier molecular flexibility index (Phi) is 4.40. The van der Waals surface area contributed by atoms with Gasteiger partial charge in [0.15, 0.2) is 0 Å². The van der Waals surface area contributed by atoms with Crippen LogP contribution < -0.4 is 5.32 Å². The van der Waals surface area contributed by atoms with E-state index in [1.807, 2.05) is 0 Å². The summed E-state index contributed by atoms with van der Waals surface area (Å²) in [5.74, 6) is -1.54. The number of benzene rings is 1. The molecule has 1 N–H and O–H groups in total. The summed E-state index contributed by atoms with van der Waals surface area (Å²) in [5, 5.41) is 3.76. The van der Waals surface area contributed by atoms with Crippen molar-refractivity contribution in [3.63, 3.8) is 0 Å². The Hall–Kier alpha value is -1.46. The van der Waals surface area contributed by atoms with Gasteiger partial charge in [-0.05, 0) is 18.6 Å². The Morgan fingerprint density at radius 2 is 1.85 bits per heavy atom. The number of fused-ring (bicyclic) bond motifs is 1. The van der Waals surface area contributed by atoms with Crippen LogP contribution in [-0.2, 0) is 19.1 Å². The van der Waals surface area contributed by atoms with E-state index < -0.39 is 23.9 Å². The SMILES string of the molecule is COC(=O)[C@H]1C[C@@H](C(=O)OC)c2c(Cl)cc(Cl)cc2N1. The van der Waals surface area contributed by atoms with Crippen LogP contribution in [-0.4, -0.2) is 32.2 Å². The molecule has 0 fully saturated rings. The standard InChI is InChI=1S/C13H13Cl2NO4/c1-19-12(17)7-5-10(13(18)20-2)16-9-4-6(14)3-8(15)11(7)9/h3-4,7,10,16H,5H2,1-2H3/t7-,10-/m1/s1. The molecule has 0 saturated heterocycles. The summed E-state index contributed by atoms with van der Waals surface area (Å²) in [6, 6.07) is 2.53. The fourth-order valence-corrected chi connectivity index (χ4v) is 2.94. The highest BCUT2D eigenvalue weighted by Gasteiger charge is 2.37. The maximum Gasteiger partial charge on any atom is 0.328 e. The Morgan fingerprint density at radius 3 is 2.45 bits per heavy atom. The van der Waals surface area contributed by atoms with Crippen LogP contribution in [0.3, 0.4) is 0 Å². The third-order valence-electron chi connectivity index (χ3n) is 3.22. The monoisotopic (exact) mass is 317 g/mol. The highest BCUT2D eigenvalue weighted by molar-refractivity contribution is 6.36. The van der Waals surface area contributed by atoms with Gasteiger partial charge in [0.2, 0.25) is 0 Å². The minimum Gasteiger partial charge on any atom is -0.469 e. The Bertz CT molecular complexity index is 562. The molecule has 1 aromatic rings. The third kappa shape index (κ3) is 2.69. The van der Waals surface area contributed by atoms with Crippen molar-refractivity contribution < 1.29 is 19.1 Å². The molecule has 0 spiro atoms. The number of rotatable bonds is 2.